The van der Waals surface area contributed by atoms with Crippen LogP contribution in [0.5, 0.6) is 0 Å². The topological polar surface area (TPSA) is 75.3 Å². The molecular formula is C21H26N2O3S. The third kappa shape index (κ3) is 4.76. The summed E-state index contributed by atoms with van der Waals surface area (Å²) < 4.78 is 27.4. The number of carbonyl (C=O) groups excluding carboxylic acids is 1. The molecule has 0 heterocycles. The second-order valence-corrected chi connectivity index (χ2v) is 9.08. The van der Waals surface area contributed by atoms with Gasteiger partial charge in [-0.25, -0.2) is 13.1 Å². The van der Waals surface area contributed by atoms with E-state index in [1.807, 2.05) is 31.2 Å². The second kappa shape index (κ2) is 7.82. The number of rotatable bonds is 8. The highest BCUT2D eigenvalue weighted by molar-refractivity contribution is 7.89. The molecule has 144 valence electrons. The van der Waals surface area contributed by atoms with Crippen molar-refractivity contribution in [3.8, 4) is 0 Å². The summed E-state index contributed by atoms with van der Waals surface area (Å²) >= 11 is 0. The molecule has 0 aliphatic heterocycles. The molecule has 1 saturated carbocycles. The normalized spacial score (nSPS) is 15.3. The van der Waals surface area contributed by atoms with Gasteiger partial charge in [0.25, 0.3) is 0 Å². The molecule has 5 nitrogen and oxygen atoms in total. The maximum atomic E-state index is 12.5. The van der Waals surface area contributed by atoms with Crippen LogP contribution in [0.3, 0.4) is 0 Å². The Bertz CT molecular complexity index is 920. The summed E-state index contributed by atoms with van der Waals surface area (Å²) in [6.45, 7) is 4.30. The molecule has 1 aliphatic rings. The lowest BCUT2D eigenvalue weighted by Gasteiger charge is -2.16. The predicted molar refractivity (Wildman–Crippen MR) is 106 cm³/mol. The molecule has 1 aliphatic carbocycles. The van der Waals surface area contributed by atoms with Crippen molar-refractivity contribution < 1.29 is 13.2 Å². The molecule has 0 spiro atoms. The van der Waals surface area contributed by atoms with E-state index in [9.17, 15) is 13.2 Å². The van der Waals surface area contributed by atoms with Gasteiger partial charge in [0.05, 0.1) is 4.90 Å². The van der Waals surface area contributed by atoms with Gasteiger partial charge in [0.2, 0.25) is 15.9 Å². The van der Waals surface area contributed by atoms with Crippen molar-refractivity contribution in [1.82, 2.24) is 10.0 Å². The zero-order valence-corrected chi connectivity index (χ0v) is 16.6. The van der Waals surface area contributed by atoms with Crippen molar-refractivity contribution in [2.24, 2.45) is 0 Å². The lowest BCUT2D eigenvalue weighted by Crippen LogP contribution is -2.35. The number of aryl methyl sites for hydroxylation is 2. The zero-order chi connectivity index (χ0) is 19.5. The van der Waals surface area contributed by atoms with Crippen LogP contribution in [-0.2, 0) is 20.2 Å². The number of carbonyl (C=O) groups is 1. The largest absolute Gasteiger partial charge is 0.355 e. The third-order valence-electron chi connectivity index (χ3n) is 5.14. The molecule has 2 aromatic carbocycles. The number of hydrogen-bond acceptors (Lipinski definition) is 3. The van der Waals surface area contributed by atoms with Crippen LogP contribution < -0.4 is 10.0 Å². The predicted octanol–water partition coefficient (Wildman–Crippen LogP) is 2.82. The minimum Gasteiger partial charge on any atom is -0.355 e. The molecule has 27 heavy (non-hydrogen) atoms. The van der Waals surface area contributed by atoms with Crippen molar-refractivity contribution in [3.63, 3.8) is 0 Å². The SMILES string of the molecule is Cc1ccc(C)c(S(=O)(=O)NCCC(=O)NCC2(c3ccccc3)CC2)c1. The van der Waals surface area contributed by atoms with E-state index in [0.717, 1.165) is 18.4 Å². The molecule has 1 amide bonds. The molecule has 3 rings (SSSR count). The van der Waals surface area contributed by atoms with Gasteiger partial charge in [-0.2, -0.15) is 0 Å². The fraction of sp³-hybridized carbons (Fsp3) is 0.381. The van der Waals surface area contributed by atoms with Crippen molar-refractivity contribution in [2.75, 3.05) is 13.1 Å². The van der Waals surface area contributed by atoms with Crippen molar-refractivity contribution >= 4 is 15.9 Å². The van der Waals surface area contributed by atoms with Crippen LogP contribution in [0.4, 0.5) is 0 Å². The van der Waals surface area contributed by atoms with Gasteiger partial charge in [0, 0.05) is 24.9 Å². The van der Waals surface area contributed by atoms with E-state index in [4.69, 9.17) is 0 Å². The number of sulfonamides is 1. The summed E-state index contributed by atoms with van der Waals surface area (Å²) in [5.74, 6) is -0.138. The summed E-state index contributed by atoms with van der Waals surface area (Å²) in [6, 6.07) is 15.5. The first kappa shape index (κ1) is 19.6. The molecule has 2 N–H and O–H groups in total. The molecule has 6 heteroatoms. The Morgan fingerprint density at radius 2 is 1.78 bits per heavy atom. The molecule has 0 atom stereocenters. The van der Waals surface area contributed by atoms with Crippen LogP contribution in [0, 0.1) is 13.8 Å². The smallest absolute Gasteiger partial charge is 0.240 e. The Hall–Kier alpha value is -2.18. The minimum absolute atomic E-state index is 0.0507. The van der Waals surface area contributed by atoms with Crippen LogP contribution in [0.15, 0.2) is 53.4 Å². The molecule has 0 radical (unpaired) electrons. The third-order valence-corrected chi connectivity index (χ3v) is 6.74. The van der Waals surface area contributed by atoms with Gasteiger partial charge in [-0.3, -0.25) is 4.79 Å². The fourth-order valence-corrected chi connectivity index (χ4v) is 4.60. The first-order valence-electron chi connectivity index (χ1n) is 9.22. The fourth-order valence-electron chi connectivity index (χ4n) is 3.24. The van der Waals surface area contributed by atoms with Gasteiger partial charge in [-0.1, -0.05) is 42.5 Å². The van der Waals surface area contributed by atoms with Gasteiger partial charge in [-0.05, 0) is 49.4 Å². The van der Waals surface area contributed by atoms with E-state index in [1.54, 1.807) is 19.1 Å². The van der Waals surface area contributed by atoms with E-state index >= 15 is 0 Å². The first-order valence-corrected chi connectivity index (χ1v) is 10.7. The molecular weight excluding hydrogens is 360 g/mol. The molecule has 1 fully saturated rings. The van der Waals surface area contributed by atoms with Crippen molar-refractivity contribution in [3.05, 3.63) is 65.2 Å². The summed E-state index contributed by atoms with van der Waals surface area (Å²) in [4.78, 5) is 12.4. The highest BCUT2D eigenvalue weighted by atomic mass is 32.2. The lowest BCUT2D eigenvalue weighted by atomic mass is 9.96. The van der Waals surface area contributed by atoms with E-state index < -0.39 is 10.0 Å². The number of amides is 1. The summed E-state index contributed by atoms with van der Waals surface area (Å²) in [5.41, 5.74) is 2.88. The van der Waals surface area contributed by atoms with Gasteiger partial charge in [0.1, 0.15) is 0 Å². The van der Waals surface area contributed by atoms with E-state index in [0.29, 0.717) is 12.1 Å². The Morgan fingerprint density at radius 1 is 1.07 bits per heavy atom. The van der Waals surface area contributed by atoms with Crippen LogP contribution in [-0.4, -0.2) is 27.4 Å². The highest BCUT2D eigenvalue weighted by Gasteiger charge is 2.44. The molecule has 0 saturated heterocycles. The Morgan fingerprint density at radius 3 is 2.44 bits per heavy atom. The van der Waals surface area contributed by atoms with E-state index in [2.05, 4.69) is 22.2 Å². The van der Waals surface area contributed by atoms with Gasteiger partial charge < -0.3 is 5.32 Å². The standard InChI is InChI=1S/C21H26N2O3S/c1-16-8-9-17(2)19(14-16)27(25,26)23-13-10-20(24)22-15-21(11-12-21)18-6-4-3-5-7-18/h3-9,14,23H,10-13,15H2,1-2H3,(H,22,24). The monoisotopic (exact) mass is 386 g/mol. The minimum atomic E-state index is -3.61. The van der Waals surface area contributed by atoms with Crippen molar-refractivity contribution in [1.29, 1.82) is 0 Å². The van der Waals surface area contributed by atoms with Crippen LogP contribution in [0.2, 0.25) is 0 Å². The first-order chi connectivity index (χ1) is 12.8. The molecule has 2 aromatic rings. The average Bonchev–Trinajstić information content (AvgIpc) is 3.44. The van der Waals surface area contributed by atoms with E-state index in [1.165, 1.54) is 5.56 Å². The van der Waals surface area contributed by atoms with Crippen LogP contribution >= 0.6 is 0 Å². The average molecular weight is 387 g/mol. The van der Waals surface area contributed by atoms with Gasteiger partial charge in [-0.15, -0.1) is 0 Å². The summed E-state index contributed by atoms with van der Waals surface area (Å²) in [5, 5.41) is 2.96. The lowest BCUT2D eigenvalue weighted by molar-refractivity contribution is -0.121. The quantitative estimate of drug-likeness (QED) is 0.733. The van der Waals surface area contributed by atoms with Gasteiger partial charge in [0.15, 0.2) is 0 Å². The number of nitrogens with one attached hydrogen (secondary N) is 2. The second-order valence-electron chi connectivity index (χ2n) is 7.34. The molecule has 0 aromatic heterocycles. The maximum absolute atomic E-state index is 12.5. The van der Waals surface area contributed by atoms with Crippen LogP contribution in [0.25, 0.3) is 0 Å². The van der Waals surface area contributed by atoms with Crippen LogP contribution in [0.1, 0.15) is 36.0 Å². The Labute approximate surface area is 161 Å². The molecule has 0 unspecified atom stereocenters. The van der Waals surface area contributed by atoms with E-state index in [-0.39, 0.29) is 29.2 Å². The summed E-state index contributed by atoms with van der Waals surface area (Å²) in [7, 11) is -3.61. The Kier molecular flexibility index (Phi) is 5.67. The Balaban J connectivity index is 1.49. The number of hydrogen-bond donors (Lipinski definition) is 2. The number of benzene rings is 2. The highest BCUT2D eigenvalue weighted by Crippen LogP contribution is 2.47. The maximum Gasteiger partial charge on any atom is 0.240 e. The van der Waals surface area contributed by atoms with Crippen molar-refractivity contribution in [2.45, 2.75) is 43.4 Å². The summed E-state index contributed by atoms with van der Waals surface area (Å²) in [6.07, 6.45) is 2.25. The molecule has 0 bridgehead atoms. The van der Waals surface area contributed by atoms with Gasteiger partial charge >= 0.3 is 0 Å². The zero-order valence-electron chi connectivity index (χ0n) is 15.8.